The van der Waals surface area contributed by atoms with Crippen LogP contribution in [-0.2, 0) is 13.1 Å². The van der Waals surface area contributed by atoms with E-state index in [1.165, 1.54) is 0 Å². The first-order chi connectivity index (χ1) is 7.28. The minimum Gasteiger partial charge on any atom is -0.325 e. The van der Waals surface area contributed by atoms with Crippen LogP contribution in [0.3, 0.4) is 0 Å². The number of aromatic nitrogens is 3. The summed E-state index contributed by atoms with van der Waals surface area (Å²) < 4.78 is 2.99. The number of halogens is 1. The Balaban J connectivity index is 2.16. The molecule has 5 heteroatoms. The third-order valence-corrected chi connectivity index (χ3v) is 2.56. The molecule has 2 heterocycles. The Bertz CT molecular complexity index is 452. The fourth-order valence-corrected chi connectivity index (χ4v) is 1.77. The average molecular weight is 314 g/mol. The van der Waals surface area contributed by atoms with Gasteiger partial charge in [0, 0.05) is 12.7 Å². The Morgan fingerprint density at radius 2 is 2.13 bits per heavy atom. The second-order valence-corrected chi connectivity index (χ2v) is 4.43. The van der Waals surface area contributed by atoms with Gasteiger partial charge in [-0.15, -0.1) is 0 Å². The van der Waals surface area contributed by atoms with Gasteiger partial charge in [0.25, 0.3) is 0 Å². The van der Waals surface area contributed by atoms with Crippen molar-refractivity contribution in [2.24, 2.45) is 5.73 Å². The van der Waals surface area contributed by atoms with Crippen molar-refractivity contribution in [1.29, 1.82) is 0 Å². The zero-order valence-electron chi connectivity index (χ0n) is 8.10. The van der Waals surface area contributed by atoms with E-state index in [1.54, 1.807) is 0 Å². The molecule has 0 spiro atoms. The van der Waals surface area contributed by atoms with Crippen LogP contribution >= 0.6 is 22.6 Å². The molecule has 0 fully saturated rings. The van der Waals surface area contributed by atoms with Gasteiger partial charge >= 0.3 is 0 Å². The van der Waals surface area contributed by atoms with E-state index in [0.717, 1.165) is 15.0 Å². The first-order valence-corrected chi connectivity index (χ1v) is 5.68. The Morgan fingerprint density at radius 3 is 2.80 bits per heavy atom. The Morgan fingerprint density at radius 1 is 1.33 bits per heavy atom. The van der Waals surface area contributed by atoms with E-state index in [2.05, 4.69) is 32.7 Å². The molecule has 4 nitrogen and oxygen atoms in total. The van der Waals surface area contributed by atoms with E-state index in [0.29, 0.717) is 13.1 Å². The lowest BCUT2D eigenvalue weighted by Crippen LogP contribution is -2.05. The summed E-state index contributed by atoms with van der Waals surface area (Å²) >= 11 is 2.23. The Hall–Kier alpha value is -0.950. The van der Waals surface area contributed by atoms with E-state index >= 15 is 0 Å². The summed E-state index contributed by atoms with van der Waals surface area (Å²) in [6.07, 6.45) is 3.81. The molecule has 0 aliphatic carbocycles. The van der Waals surface area contributed by atoms with Gasteiger partial charge in [0.15, 0.2) is 0 Å². The van der Waals surface area contributed by atoms with Crippen molar-refractivity contribution in [3.05, 3.63) is 45.6 Å². The third kappa shape index (κ3) is 2.75. The zero-order chi connectivity index (χ0) is 10.7. The lowest BCUT2D eigenvalue weighted by atomic mass is 10.3. The number of rotatable bonds is 3. The van der Waals surface area contributed by atoms with Crippen LogP contribution in [0.2, 0.25) is 0 Å². The van der Waals surface area contributed by atoms with E-state index < -0.39 is 0 Å². The summed E-state index contributed by atoms with van der Waals surface area (Å²) in [6.45, 7) is 1.17. The van der Waals surface area contributed by atoms with Gasteiger partial charge in [0.1, 0.15) is 0 Å². The van der Waals surface area contributed by atoms with Crippen LogP contribution in [0.4, 0.5) is 0 Å². The summed E-state index contributed by atoms with van der Waals surface area (Å²) in [5.41, 5.74) is 7.43. The van der Waals surface area contributed by atoms with Crippen molar-refractivity contribution in [1.82, 2.24) is 14.8 Å². The van der Waals surface area contributed by atoms with Gasteiger partial charge in [-0.3, -0.25) is 9.67 Å². The summed E-state index contributed by atoms with van der Waals surface area (Å²) in [5, 5.41) is 4.20. The summed E-state index contributed by atoms with van der Waals surface area (Å²) in [6, 6.07) is 5.88. The molecule has 0 aliphatic rings. The van der Waals surface area contributed by atoms with Crippen LogP contribution in [-0.4, -0.2) is 14.8 Å². The smallest absolute Gasteiger partial charge is 0.0831 e. The number of nitrogens with two attached hydrogens (primary N) is 1. The molecule has 2 aromatic rings. The van der Waals surface area contributed by atoms with Crippen molar-refractivity contribution < 1.29 is 0 Å². The highest BCUT2D eigenvalue weighted by Gasteiger charge is 1.99. The lowest BCUT2D eigenvalue weighted by Gasteiger charge is -2.02. The molecule has 2 N–H and O–H groups in total. The number of hydrogen-bond acceptors (Lipinski definition) is 3. The minimum atomic E-state index is 0.477. The van der Waals surface area contributed by atoms with Crippen LogP contribution in [0.25, 0.3) is 0 Å². The van der Waals surface area contributed by atoms with Crippen molar-refractivity contribution in [2.75, 3.05) is 0 Å². The van der Waals surface area contributed by atoms with Gasteiger partial charge in [0.05, 0.1) is 27.7 Å². The maximum atomic E-state index is 5.53. The maximum Gasteiger partial charge on any atom is 0.0831 e. The van der Waals surface area contributed by atoms with Gasteiger partial charge in [0.2, 0.25) is 0 Å². The standard InChI is InChI=1S/C10H11IN4/c11-8-5-13-15(6-8)7-10-3-1-2-9(4-12)14-10/h1-3,5-6H,4,7,12H2. The molecule has 15 heavy (non-hydrogen) atoms. The first kappa shape index (κ1) is 10.6. The van der Waals surface area contributed by atoms with Gasteiger partial charge in [-0.05, 0) is 34.7 Å². The topological polar surface area (TPSA) is 56.7 Å². The van der Waals surface area contributed by atoms with E-state index in [4.69, 9.17) is 5.73 Å². The SMILES string of the molecule is NCc1cccc(Cn2cc(I)cn2)n1. The number of hydrogen-bond donors (Lipinski definition) is 1. The molecule has 2 aromatic heterocycles. The van der Waals surface area contributed by atoms with E-state index in [-0.39, 0.29) is 0 Å². The second-order valence-electron chi connectivity index (χ2n) is 3.18. The Labute approximate surface area is 102 Å². The maximum absolute atomic E-state index is 5.53. The molecular formula is C10H11IN4. The highest BCUT2D eigenvalue weighted by Crippen LogP contribution is 2.05. The molecule has 0 unspecified atom stereocenters. The van der Waals surface area contributed by atoms with Crippen LogP contribution in [0, 0.1) is 3.57 Å². The van der Waals surface area contributed by atoms with Crippen molar-refractivity contribution in [3.63, 3.8) is 0 Å². The lowest BCUT2D eigenvalue weighted by molar-refractivity contribution is 0.669. The predicted octanol–water partition coefficient (Wildman–Crippen LogP) is 1.39. The molecule has 0 aliphatic heterocycles. The Kier molecular flexibility index (Phi) is 3.32. The monoisotopic (exact) mass is 314 g/mol. The van der Waals surface area contributed by atoms with Gasteiger partial charge < -0.3 is 5.73 Å². The van der Waals surface area contributed by atoms with Gasteiger partial charge in [-0.2, -0.15) is 5.10 Å². The molecule has 0 atom stereocenters. The fourth-order valence-electron chi connectivity index (χ4n) is 1.32. The van der Waals surface area contributed by atoms with Gasteiger partial charge in [-0.1, -0.05) is 6.07 Å². The van der Waals surface area contributed by atoms with Crippen LogP contribution in [0.15, 0.2) is 30.6 Å². The zero-order valence-corrected chi connectivity index (χ0v) is 10.3. The normalized spacial score (nSPS) is 10.5. The van der Waals surface area contributed by atoms with Crippen molar-refractivity contribution in [2.45, 2.75) is 13.1 Å². The number of nitrogens with zero attached hydrogens (tertiary/aromatic N) is 3. The van der Waals surface area contributed by atoms with Crippen LogP contribution in [0.5, 0.6) is 0 Å². The molecular weight excluding hydrogens is 303 g/mol. The summed E-state index contributed by atoms with van der Waals surface area (Å²) in [7, 11) is 0. The second kappa shape index (κ2) is 4.71. The molecule has 2 rings (SSSR count). The molecule has 0 amide bonds. The van der Waals surface area contributed by atoms with E-state index in [9.17, 15) is 0 Å². The number of pyridine rings is 1. The highest BCUT2D eigenvalue weighted by molar-refractivity contribution is 14.1. The minimum absolute atomic E-state index is 0.477. The summed E-state index contributed by atoms with van der Waals surface area (Å²) in [5.74, 6) is 0. The first-order valence-electron chi connectivity index (χ1n) is 4.61. The third-order valence-electron chi connectivity index (χ3n) is 2.00. The van der Waals surface area contributed by atoms with Crippen molar-refractivity contribution >= 4 is 22.6 Å². The molecule has 0 saturated carbocycles. The molecule has 0 saturated heterocycles. The van der Waals surface area contributed by atoms with Crippen LogP contribution in [0.1, 0.15) is 11.4 Å². The van der Waals surface area contributed by atoms with E-state index in [1.807, 2.05) is 35.3 Å². The summed E-state index contributed by atoms with van der Waals surface area (Å²) in [4.78, 5) is 4.41. The molecule has 78 valence electrons. The predicted molar refractivity (Wildman–Crippen MR) is 66.2 cm³/mol. The largest absolute Gasteiger partial charge is 0.325 e. The van der Waals surface area contributed by atoms with Crippen molar-refractivity contribution in [3.8, 4) is 0 Å². The molecule has 0 radical (unpaired) electrons. The van der Waals surface area contributed by atoms with Gasteiger partial charge in [-0.25, -0.2) is 0 Å². The molecule has 0 aromatic carbocycles. The average Bonchev–Trinajstić information content (AvgIpc) is 2.64. The molecule has 0 bridgehead atoms. The highest BCUT2D eigenvalue weighted by atomic mass is 127. The quantitative estimate of drug-likeness (QED) is 0.871. The fraction of sp³-hybridized carbons (Fsp3) is 0.200. The van der Waals surface area contributed by atoms with Crippen LogP contribution < -0.4 is 5.73 Å².